The molecule has 0 aliphatic carbocycles. The summed E-state index contributed by atoms with van der Waals surface area (Å²) in [5, 5.41) is 18.6. The SMILES string of the molecule is COC[C@@H]1CN(C(=O)O)[C@@H](C)CN1C(c1ccc(F)cc1)c1ccc(C#N)cc1. The van der Waals surface area contributed by atoms with Crippen LogP contribution in [0.2, 0.25) is 0 Å². The summed E-state index contributed by atoms with van der Waals surface area (Å²) >= 11 is 0. The number of carboxylic acid groups (broad SMARTS) is 1. The molecular weight excluding hydrogens is 373 g/mol. The van der Waals surface area contributed by atoms with Crippen LogP contribution in [-0.2, 0) is 4.74 Å². The average Bonchev–Trinajstić information content (AvgIpc) is 2.71. The molecule has 0 aromatic heterocycles. The molecule has 2 aromatic rings. The third-order valence-electron chi connectivity index (χ3n) is 5.36. The van der Waals surface area contributed by atoms with Gasteiger partial charge in [0.1, 0.15) is 5.82 Å². The molecule has 0 saturated carbocycles. The fourth-order valence-electron chi connectivity index (χ4n) is 3.95. The van der Waals surface area contributed by atoms with E-state index < -0.39 is 6.09 Å². The van der Waals surface area contributed by atoms with E-state index in [2.05, 4.69) is 11.0 Å². The first-order valence-corrected chi connectivity index (χ1v) is 9.44. The molecule has 0 bridgehead atoms. The second-order valence-corrected chi connectivity index (χ2v) is 7.28. The van der Waals surface area contributed by atoms with Crippen LogP contribution in [0, 0.1) is 17.1 Å². The Balaban J connectivity index is 2.04. The smallest absolute Gasteiger partial charge is 0.407 e. The number of amides is 1. The van der Waals surface area contributed by atoms with Gasteiger partial charge in [0.15, 0.2) is 0 Å². The van der Waals surface area contributed by atoms with E-state index in [4.69, 9.17) is 10.00 Å². The first-order valence-electron chi connectivity index (χ1n) is 9.44. The van der Waals surface area contributed by atoms with Crippen LogP contribution in [0.25, 0.3) is 0 Å². The van der Waals surface area contributed by atoms with E-state index in [0.717, 1.165) is 11.1 Å². The van der Waals surface area contributed by atoms with Gasteiger partial charge in [0.25, 0.3) is 0 Å². The molecule has 3 rings (SSSR count). The third-order valence-corrected chi connectivity index (χ3v) is 5.36. The summed E-state index contributed by atoms with van der Waals surface area (Å²) in [6.07, 6.45) is -0.949. The third kappa shape index (κ3) is 4.56. The molecule has 7 heteroatoms. The molecule has 0 spiro atoms. The standard InChI is InChI=1S/C22H24FN3O3/c1-15-12-26(20(14-29-2)13-25(15)22(27)28)21(18-7-9-19(23)10-8-18)17-5-3-16(11-24)4-6-17/h3-10,15,20-21H,12-14H2,1-2H3,(H,27,28)/t15-,20-,21?/m0/s1. The molecule has 1 aliphatic heterocycles. The molecule has 1 aliphatic rings. The number of rotatable bonds is 5. The van der Waals surface area contributed by atoms with E-state index in [0.29, 0.717) is 25.3 Å². The summed E-state index contributed by atoms with van der Waals surface area (Å²) in [6.45, 7) is 3.07. The van der Waals surface area contributed by atoms with Crippen molar-refractivity contribution in [2.75, 3.05) is 26.8 Å². The Labute approximate surface area is 169 Å². The molecule has 1 unspecified atom stereocenters. The molecule has 1 heterocycles. The highest BCUT2D eigenvalue weighted by molar-refractivity contribution is 5.65. The highest BCUT2D eigenvalue weighted by Crippen LogP contribution is 2.33. The van der Waals surface area contributed by atoms with E-state index in [1.165, 1.54) is 17.0 Å². The molecular formula is C22H24FN3O3. The van der Waals surface area contributed by atoms with Gasteiger partial charge in [-0.15, -0.1) is 0 Å². The van der Waals surface area contributed by atoms with Gasteiger partial charge in [-0.2, -0.15) is 5.26 Å². The first-order chi connectivity index (χ1) is 13.9. The number of methoxy groups -OCH3 is 1. The van der Waals surface area contributed by atoms with E-state index in [1.54, 1.807) is 31.4 Å². The minimum atomic E-state index is -0.949. The number of nitriles is 1. The van der Waals surface area contributed by atoms with Crippen molar-refractivity contribution in [3.05, 3.63) is 71.0 Å². The zero-order valence-electron chi connectivity index (χ0n) is 16.5. The van der Waals surface area contributed by atoms with Crippen LogP contribution in [0.4, 0.5) is 9.18 Å². The summed E-state index contributed by atoms with van der Waals surface area (Å²) in [5.41, 5.74) is 2.41. The van der Waals surface area contributed by atoms with Crippen LogP contribution in [-0.4, -0.2) is 59.9 Å². The van der Waals surface area contributed by atoms with Crippen molar-refractivity contribution in [2.45, 2.75) is 25.0 Å². The molecule has 1 saturated heterocycles. The maximum absolute atomic E-state index is 13.6. The van der Waals surface area contributed by atoms with Crippen molar-refractivity contribution >= 4 is 6.09 Å². The highest BCUT2D eigenvalue weighted by Gasteiger charge is 2.38. The lowest BCUT2D eigenvalue weighted by molar-refractivity contribution is -0.00978. The van der Waals surface area contributed by atoms with Crippen molar-refractivity contribution in [3.8, 4) is 6.07 Å². The molecule has 3 atom stereocenters. The van der Waals surface area contributed by atoms with Crippen LogP contribution in [0.15, 0.2) is 48.5 Å². The average molecular weight is 397 g/mol. The van der Waals surface area contributed by atoms with Crippen molar-refractivity contribution in [2.24, 2.45) is 0 Å². The van der Waals surface area contributed by atoms with Crippen molar-refractivity contribution in [3.63, 3.8) is 0 Å². The quantitative estimate of drug-likeness (QED) is 0.836. The van der Waals surface area contributed by atoms with Gasteiger partial charge in [-0.3, -0.25) is 4.90 Å². The van der Waals surface area contributed by atoms with Crippen molar-refractivity contribution < 1.29 is 19.0 Å². The highest BCUT2D eigenvalue weighted by atomic mass is 19.1. The Morgan fingerprint density at radius 3 is 2.31 bits per heavy atom. The predicted octanol–water partition coefficient (Wildman–Crippen LogP) is 3.49. The van der Waals surface area contributed by atoms with Crippen LogP contribution in [0.3, 0.4) is 0 Å². The van der Waals surface area contributed by atoms with E-state index in [9.17, 15) is 14.3 Å². The van der Waals surface area contributed by atoms with E-state index >= 15 is 0 Å². The number of piperazine rings is 1. The fourth-order valence-corrected chi connectivity index (χ4v) is 3.95. The predicted molar refractivity (Wildman–Crippen MR) is 106 cm³/mol. The maximum Gasteiger partial charge on any atom is 0.407 e. The number of ether oxygens (including phenoxy) is 1. The molecule has 2 aromatic carbocycles. The first kappa shape index (κ1) is 20.8. The van der Waals surface area contributed by atoms with Gasteiger partial charge in [-0.1, -0.05) is 24.3 Å². The zero-order valence-corrected chi connectivity index (χ0v) is 16.5. The summed E-state index contributed by atoms with van der Waals surface area (Å²) in [6, 6.07) is 15.2. The number of nitrogens with zero attached hydrogens (tertiary/aromatic N) is 3. The van der Waals surface area contributed by atoms with Gasteiger partial charge in [0.05, 0.1) is 30.3 Å². The van der Waals surface area contributed by atoms with Gasteiger partial charge in [-0.05, 0) is 42.3 Å². The number of hydrogen-bond donors (Lipinski definition) is 1. The molecule has 1 N–H and O–H groups in total. The number of benzene rings is 2. The fraction of sp³-hybridized carbons (Fsp3) is 0.364. The van der Waals surface area contributed by atoms with Gasteiger partial charge >= 0.3 is 6.09 Å². The second kappa shape index (κ2) is 9.03. The Morgan fingerprint density at radius 2 is 1.79 bits per heavy atom. The lowest BCUT2D eigenvalue weighted by Crippen LogP contribution is -2.60. The number of halogens is 1. The number of carbonyl (C=O) groups is 1. The Hall–Kier alpha value is -2.95. The summed E-state index contributed by atoms with van der Waals surface area (Å²) in [5.74, 6) is -0.315. The van der Waals surface area contributed by atoms with E-state index in [1.807, 2.05) is 19.1 Å². The van der Waals surface area contributed by atoms with Crippen molar-refractivity contribution in [1.29, 1.82) is 5.26 Å². The molecule has 0 radical (unpaired) electrons. The van der Waals surface area contributed by atoms with Crippen LogP contribution < -0.4 is 0 Å². The summed E-state index contributed by atoms with van der Waals surface area (Å²) in [4.78, 5) is 15.3. The van der Waals surface area contributed by atoms with Crippen LogP contribution in [0.5, 0.6) is 0 Å². The van der Waals surface area contributed by atoms with Gasteiger partial charge in [-0.25, -0.2) is 9.18 Å². The minimum absolute atomic E-state index is 0.169. The van der Waals surface area contributed by atoms with E-state index in [-0.39, 0.29) is 23.9 Å². The number of hydrogen-bond acceptors (Lipinski definition) is 4. The normalized spacial score (nSPS) is 20.8. The molecule has 6 nitrogen and oxygen atoms in total. The van der Waals surface area contributed by atoms with Gasteiger partial charge in [0.2, 0.25) is 0 Å². The van der Waals surface area contributed by atoms with Gasteiger partial charge < -0.3 is 14.7 Å². The van der Waals surface area contributed by atoms with Crippen molar-refractivity contribution in [1.82, 2.24) is 9.80 Å². The topological polar surface area (TPSA) is 76.8 Å². The molecule has 1 amide bonds. The molecule has 152 valence electrons. The largest absolute Gasteiger partial charge is 0.465 e. The Bertz CT molecular complexity index is 880. The molecule has 29 heavy (non-hydrogen) atoms. The zero-order chi connectivity index (χ0) is 21.0. The Kier molecular flexibility index (Phi) is 6.47. The lowest BCUT2D eigenvalue weighted by Gasteiger charge is -2.47. The second-order valence-electron chi connectivity index (χ2n) is 7.28. The molecule has 1 fully saturated rings. The van der Waals surface area contributed by atoms with Crippen LogP contribution >= 0.6 is 0 Å². The monoisotopic (exact) mass is 397 g/mol. The van der Waals surface area contributed by atoms with Gasteiger partial charge in [0, 0.05) is 26.2 Å². The minimum Gasteiger partial charge on any atom is -0.465 e. The summed E-state index contributed by atoms with van der Waals surface area (Å²) in [7, 11) is 1.59. The van der Waals surface area contributed by atoms with Crippen LogP contribution in [0.1, 0.15) is 29.7 Å². The Morgan fingerprint density at radius 1 is 1.21 bits per heavy atom. The summed E-state index contributed by atoms with van der Waals surface area (Å²) < 4.78 is 18.9. The maximum atomic E-state index is 13.6. The lowest BCUT2D eigenvalue weighted by atomic mass is 9.93.